The van der Waals surface area contributed by atoms with Gasteiger partial charge in [0.05, 0.1) is 36.7 Å². The van der Waals surface area contributed by atoms with Crippen LogP contribution in [0, 0.1) is 5.92 Å². The van der Waals surface area contributed by atoms with Gasteiger partial charge in [-0.3, -0.25) is 19.3 Å². The first-order valence-corrected chi connectivity index (χ1v) is 9.77. The maximum atomic E-state index is 12.8. The second kappa shape index (κ2) is 8.02. The summed E-state index contributed by atoms with van der Waals surface area (Å²) in [6.45, 7) is 5.88. The van der Waals surface area contributed by atoms with Crippen LogP contribution in [0.5, 0.6) is 0 Å². The van der Waals surface area contributed by atoms with Gasteiger partial charge < -0.3 is 15.1 Å². The van der Waals surface area contributed by atoms with Crippen LogP contribution in [-0.2, 0) is 29.3 Å². The second-order valence-electron chi connectivity index (χ2n) is 7.54. The first-order chi connectivity index (χ1) is 14.0. The Morgan fingerprint density at radius 2 is 2.17 bits per heavy atom. The predicted molar refractivity (Wildman–Crippen MR) is 105 cm³/mol. The molecule has 2 aliphatic rings. The number of nitrogens with one attached hydrogen (secondary N) is 1. The number of hydrogen-bond acceptors (Lipinski definition) is 6. The minimum Gasteiger partial charge on any atom is -0.382 e. The van der Waals surface area contributed by atoms with Crippen molar-refractivity contribution >= 4 is 17.5 Å². The molecule has 9 nitrogen and oxygen atoms in total. The van der Waals surface area contributed by atoms with E-state index in [4.69, 9.17) is 4.84 Å². The SMILES string of the molecule is CC(C)C1=NO[C@@H](C(=O)N2CCn3nc(C(=O)NCc4ccccn4)cc3C2)C1. The number of rotatable bonds is 5. The molecule has 9 heteroatoms. The van der Waals surface area contributed by atoms with E-state index in [-0.39, 0.29) is 17.7 Å². The summed E-state index contributed by atoms with van der Waals surface area (Å²) in [5.41, 5.74) is 2.86. The van der Waals surface area contributed by atoms with Crippen molar-refractivity contribution in [3.05, 3.63) is 47.5 Å². The zero-order chi connectivity index (χ0) is 20.4. The number of carbonyl (C=O) groups excluding carboxylic acids is 2. The van der Waals surface area contributed by atoms with Crippen molar-refractivity contribution < 1.29 is 14.4 Å². The third kappa shape index (κ3) is 4.13. The van der Waals surface area contributed by atoms with Crippen LogP contribution in [0.1, 0.15) is 42.1 Å². The Labute approximate surface area is 168 Å². The average Bonchev–Trinajstić information content (AvgIpc) is 3.39. The molecule has 2 amide bonds. The quantitative estimate of drug-likeness (QED) is 0.822. The Balaban J connectivity index is 1.36. The van der Waals surface area contributed by atoms with Crippen LogP contribution in [0.15, 0.2) is 35.6 Å². The highest BCUT2D eigenvalue weighted by atomic mass is 16.6. The molecule has 0 fully saturated rings. The molecular formula is C20H24N6O3. The molecule has 2 aromatic rings. The normalized spacial score (nSPS) is 18.2. The van der Waals surface area contributed by atoms with Crippen LogP contribution in [0.25, 0.3) is 0 Å². The number of amides is 2. The molecule has 0 spiro atoms. The fourth-order valence-corrected chi connectivity index (χ4v) is 3.40. The van der Waals surface area contributed by atoms with Crippen LogP contribution < -0.4 is 5.32 Å². The Morgan fingerprint density at radius 1 is 1.31 bits per heavy atom. The molecule has 4 rings (SSSR count). The van der Waals surface area contributed by atoms with E-state index in [0.717, 1.165) is 17.1 Å². The molecule has 0 bridgehead atoms. The summed E-state index contributed by atoms with van der Waals surface area (Å²) in [6.07, 6.45) is 1.67. The van der Waals surface area contributed by atoms with Gasteiger partial charge in [-0.15, -0.1) is 0 Å². The van der Waals surface area contributed by atoms with Gasteiger partial charge in [0.25, 0.3) is 11.8 Å². The van der Waals surface area contributed by atoms with E-state index in [1.807, 2.05) is 32.0 Å². The van der Waals surface area contributed by atoms with Gasteiger partial charge in [0.1, 0.15) is 0 Å². The number of carbonyl (C=O) groups is 2. The standard InChI is InChI=1S/C20H24N6O3/c1-13(2)16-10-18(29-24-16)20(28)25-7-8-26-15(12-25)9-17(23-26)19(27)22-11-14-5-3-4-6-21-14/h3-6,9,13,18H,7-8,10-12H2,1-2H3,(H,22,27)/t18-/m1/s1. The van der Waals surface area contributed by atoms with Crippen LogP contribution in [0.4, 0.5) is 0 Å². The maximum absolute atomic E-state index is 12.8. The molecule has 1 atom stereocenters. The van der Waals surface area contributed by atoms with E-state index in [0.29, 0.717) is 38.3 Å². The van der Waals surface area contributed by atoms with E-state index in [2.05, 4.69) is 20.6 Å². The third-order valence-corrected chi connectivity index (χ3v) is 5.13. The number of aromatic nitrogens is 3. The van der Waals surface area contributed by atoms with Crippen molar-refractivity contribution in [1.29, 1.82) is 0 Å². The number of pyridine rings is 1. The summed E-state index contributed by atoms with van der Waals surface area (Å²) >= 11 is 0. The second-order valence-corrected chi connectivity index (χ2v) is 7.54. The molecule has 0 aromatic carbocycles. The van der Waals surface area contributed by atoms with Gasteiger partial charge in [0.15, 0.2) is 5.69 Å². The highest BCUT2D eigenvalue weighted by Gasteiger charge is 2.34. The Hall–Kier alpha value is -3.23. The van der Waals surface area contributed by atoms with Crippen molar-refractivity contribution in [3.63, 3.8) is 0 Å². The van der Waals surface area contributed by atoms with Gasteiger partial charge in [-0.05, 0) is 24.1 Å². The fraction of sp³-hybridized carbons (Fsp3) is 0.450. The molecule has 152 valence electrons. The summed E-state index contributed by atoms with van der Waals surface area (Å²) < 4.78 is 1.78. The smallest absolute Gasteiger partial charge is 0.272 e. The van der Waals surface area contributed by atoms with E-state index in [9.17, 15) is 9.59 Å². The molecule has 0 unspecified atom stereocenters. The summed E-state index contributed by atoms with van der Waals surface area (Å²) in [7, 11) is 0. The topological polar surface area (TPSA) is 102 Å². The molecule has 2 aromatic heterocycles. The number of oxime groups is 1. The predicted octanol–water partition coefficient (Wildman–Crippen LogP) is 1.35. The first kappa shape index (κ1) is 19.1. The zero-order valence-corrected chi connectivity index (χ0v) is 16.5. The summed E-state index contributed by atoms with van der Waals surface area (Å²) in [5.74, 6) is -0.0646. The summed E-state index contributed by atoms with van der Waals surface area (Å²) in [6, 6.07) is 7.28. The number of nitrogens with zero attached hydrogens (tertiary/aromatic N) is 5. The Morgan fingerprint density at radius 3 is 2.90 bits per heavy atom. The number of hydrogen-bond donors (Lipinski definition) is 1. The van der Waals surface area contributed by atoms with Crippen molar-refractivity contribution in [2.45, 2.75) is 46.0 Å². The molecule has 0 saturated carbocycles. The minimum atomic E-state index is -0.553. The lowest BCUT2D eigenvalue weighted by Crippen LogP contribution is -2.43. The van der Waals surface area contributed by atoms with Crippen LogP contribution in [-0.4, -0.2) is 49.8 Å². The van der Waals surface area contributed by atoms with Gasteiger partial charge >= 0.3 is 0 Å². The van der Waals surface area contributed by atoms with Crippen molar-refractivity contribution in [3.8, 4) is 0 Å². The van der Waals surface area contributed by atoms with Gasteiger partial charge in [0, 0.05) is 19.2 Å². The Kier molecular flexibility index (Phi) is 5.28. The molecular weight excluding hydrogens is 372 g/mol. The highest BCUT2D eigenvalue weighted by molar-refractivity contribution is 5.94. The molecule has 0 radical (unpaired) electrons. The molecule has 0 saturated heterocycles. The lowest BCUT2D eigenvalue weighted by atomic mass is 10.0. The monoisotopic (exact) mass is 396 g/mol. The molecule has 2 aliphatic heterocycles. The molecule has 4 heterocycles. The van der Waals surface area contributed by atoms with Crippen LogP contribution in [0.3, 0.4) is 0 Å². The molecule has 1 N–H and O–H groups in total. The third-order valence-electron chi connectivity index (χ3n) is 5.13. The summed E-state index contributed by atoms with van der Waals surface area (Å²) in [5, 5.41) is 11.3. The summed E-state index contributed by atoms with van der Waals surface area (Å²) in [4.78, 5) is 36.5. The van der Waals surface area contributed by atoms with Crippen molar-refractivity contribution in [2.24, 2.45) is 11.1 Å². The largest absolute Gasteiger partial charge is 0.382 e. The molecule has 29 heavy (non-hydrogen) atoms. The zero-order valence-electron chi connectivity index (χ0n) is 16.5. The van der Waals surface area contributed by atoms with Crippen LogP contribution >= 0.6 is 0 Å². The van der Waals surface area contributed by atoms with E-state index >= 15 is 0 Å². The fourth-order valence-electron chi connectivity index (χ4n) is 3.40. The number of fused-ring (bicyclic) bond motifs is 1. The van der Waals surface area contributed by atoms with E-state index in [1.165, 1.54) is 0 Å². The Bertz CT molecular complexity index is 937. The van der Waals surface area contributed by atoms with Gasteiger partial charge in [-0.2, -0.15) is 5.10 Å². The van der Waals surface area contributed by atoms with Crippen LogP contribution in [0.2, 0.25) is 0 Å². The lowest BCUT2D eigenvalue weighted by molar-refractivity contribution is -0.143. The van der Waals surface area contributed by atoms with Gasteiger partial charge in [0.2, 0.25) is 6.10 Å². The van der Waals surface area contributed by atoms with Gasteiger partial charge in [-0.1, -0.05) is 25.1 Å². The highest BCUT2D eigenvalue weighted by Crippen LogP contribution is 2.21. The molecule has 0 aliphatic carbocycles. The van der Waals surface area contributed by atoms with E-state index in [1.54, 1.807) is 21.8 Å². The van der Waals surface area contributed by atoms with Crippen molar-refractivity contribution in [2.75, 3.05) is 6.54 Å². The van der Waals surface area contributed by atoms with Crippen molar-refractivity contribution in [1.82, 2.24) is 25.0 Å². The van der Waals surface area contributed by atoms with E-state index < -0.39 is 6.10 Å². The first-order valence-electron chi connectivity index (χ1n) is 9.77. The van der Waals surface area contributed by atoms with Gasteiger partial charge in [-0.25, -0.2) is 0 Å². The lowest BCUT2D eigenvalue weighted by Gasteiger charge is -2.29. The minimum absolute atomic E-state index is 0.0713. The average molecular weight is 396 g/mol. The maximum Gasteiger partial charge on any atom is 0.272 e.